The summed E-state index contributed by atoms with van der Waals surface area (Å²) in [4.78, 5) is 4.41. The van der Waals surface area contributed by atoms with Crippen LogP contribution < -0.4 is 5.43 Å². The van der Waals surface area contributed by atoms with Crippen molar-refractivity contribution in [2.24, 2.45) is 5.10 Å². The molecular formula is C22H22BrN5O. The maximum absolute atomic E-state index is 9.52. The van der Waals surface area contributed by atoms with Crippen LogP contribution in [0.25, 0.3) is 5.69 Å². The molecule has 0 saturated carbocycles. The van der Waals surface area contributed by atoms with Crippen molar-refractivity contribution in [3.63, 3.8) is 0 Å². The fourth-order valence-corrected chi connectivity index (χ4v) is 3.55. The zero-order valence-corrected chi connectivity index (χ0v) is 18.4. The Hall–Kier alpha value is -2.95. The van der Waals surface area contributed by atoms with E-state index in [0.717, 1.165) is 38.4 Å². The second-order valence-corrected chi connectivity index (χ2v) is 7.62. The summed E-state index contributed by atoms with van der Waals surface area (Å²) < 4.78 is 8.40. The van der Waals surface area contributed by atoms with Crippen LogP contribution in [0.2, 0.25) is 0 Å². The van der Waals surface area contributed by atoms with Gasteiger partial charge in [0.15, 0.2) is 5.82 Å². The van der Waals surface area contributed by atoms with Gasteiger partial charge in [-0.25, -0.2) is 4.98 Å². The van der Waals surface area contributed by atoms with Crippen molar-refractivity contribution in [3.8, 4) is 11.8 Å². The number of hydrogen-bond acceptors (Lipinski definition) is 5. The number of aromatic nitrogens is 2. The molecule has 0 atom stereocenters. The third-order valence-electron chi connectivity index (χ3n) is 4.57. The molecule has 6 nitrogen and oxygen atoms in total. The molecule has 3 rings (SSSR count). The molecule has 0 amide bonds. The normalized spacial score (nSPS) is 11.0. The van der Waals surface area contributed by atoms with E-state index in [1.165, 1.54) is 0 Å². The molecule has 1 N–H and O–H groups in total. The summed E-state index contributed by atoms with van der Waals surface area (Å²) in [6.07, 6.45) is 1.75. The largest absolute Gasteiger partial charge is 0.380 e. The van der Waals surface area contributed by atoms with Gasteiger partial charge >= 0.3 is 0 Å². The quantitative estimate of drug-likeness (QED) is 0.421. The van der Waals surface area contributed by atoms with E-state index in [2.05, 4.69) is 74.1 Å². The monoisotopic (exact) mass is 451 g/mol. The number of hydrogen-bond donors (Lipinski definition) is 1. The van der Waals surface area contributed by atoms with E-state index in [0.29, 0.717) is 18.0 Å². The number of benzene rings is 1. The predicted octanol–water partition coefficient (Wildman–Crippen LogP) is 5.02. The number of halogens is 1. The van der Waals surface area contributed by atoms with Gasteiger partial charge in [-0.1, -0.05) is 15.9 Å². The molecule has 7 heteroatoms. The second kappa shape index (κ2) is 9.03. The van der Waals surface area contributed by atoms with E-state index < -0.39 is 0 Å². The number of nitrogens with one attached hydrogen (secondary N) is 1. The summed E-state index contributed by atoms with van der Waals surface area (Å²) >= 11 is 3.47. The zero-order chi connectivity index (χ0) is 21.0. The van der Waals surface area contributed by atoms with Gasteiger partial charge in [0.05, 0.1) is 12.8 Å². The highest BCUT2D eigenvalue weighted by atomic mass is 79.9. The van der Waals surface area contributed by atoms with Crippen LogP contribution in [0.5, 0.6) is 0 Å². The third-order valence-corrected chi connectivity index (χ3v) is 5.10. The number of nitrogens with zero attached hydrogens (tertiary/aromatic N) is 4. The maximum Gasteiger partial charge on any atom is 0.164 e. The van der Waals surface area contributed by atoms with E-state index in [1.807, 2.05) is 25.1 Å². The van der Waals surface area contributed by atoms with Gasteiger partial charge in [-0.2, -0.15) is 10.4 Å². The Bertz CT molecular complexity index is 1090. The molecule has 2 aromatic heterocycles. The van der Waals surface area contributed by atoms with Crippen LogP contribution in [0, 0.1) is 32.1 Å². The third kappa shape index (κ3) is 4.56. The summed E-state index contributed by atoms with van der Waals surface area (Å²) in [5, 5.41) is 13.9. The van der Waals surface area contributed by atoms with Gasteiger partial charge in [0.1, 0.15) is 11.6 Å². The highest BCUT2D eigenvalue weighted by Gasteiger charge is 2.12. The Morgan fingerprint density at radius 2 is 1.97 bits per heavy atom. The fraction of sp³-hybridized carbons (Fsp3) is 0.227. The zero-order valence-electron chi connectivity index (χ0n) is 16.8. The Morgan fingerprint density at radius 3 is 2.62 bits per heavy atom. The van der Waals surface area contributed by atoms with Crippen molar-refractivity contribution in [3.05, 3.63) is 74.6 Å². The van der Waals surface area contributed by atoms with Crippen LogP contribution in [0.3, 0.4) is 0 Å². The van der Waals surface area contributed by atoms with Crippen molar-refractivity contribution in [1.29, 1.82) is 5.26 Å². The molecule has 0 aliphatic heterocycles. The van der Waals surface area contributed by atoms with E-state index >= 15 is 0 Å². The first-order valence-corrected chi connectivity index (χ1v) is 9.87. The maximum atomic E-state index is 9.52. The Morgan fingerprint density at radius 1 is 1.24 bits per heavy atom. The molecule has 2 heterocycles. The van der Waals surface area contributed by atoms with Crippen molar-refractivity contribution < 1.29 is 4.74 Å². The first kappa shape index (κ1) is 20.8. The number of rotatable bonds is 6. The highest BCUT2D eigenvalue weighted by molar-refractivity contribution is 9.10. The van der Waals surface area contributed by atoms with Gasteiger partial charge in [0.2, 0.25) is 0 Å². The minimum atomic E-state index is 0.346. The summed E-state index contributed by atoms with van der Waals surface area (Å²) in [6, 6.07) is 14.3. The molecule has 0 saturated heterocycles. The number of nitriles is 1. The average Bonchev–Trinajstić information content (AvgIpc) is 2.96. The topological polar surface area (TPSA) is 75.2 Å². The standard InChI is InChI=1S/C22H22BrN5O/c1-14-9-18(13-29-4)21(11-24)22(26-14)27-25-12-17-10-15(2)28(16(17)3)20-7-5-19(23)6-8-20/h5-10,12H,13H2,1-4H3,(H,26,27). The van der Waals surface area contributed by atoms with Crippen molar-refractivity contribution in [2.75, 3.05) is 12.5 Å². The summed E-state index contributed by atoms with van der Waals surface area (Å²) in [5.74, 6) is 0.428. The van der Waals surface area contributed by atoms with E-state index in [-0.39, 0.29) is 0 Å². The van der Waals surface area contributed by atoms with Gasteiger partial charge in [0.25, 0.3) is 0 Å². The van der Waals surface area contributed by atoms with Crippen molar-refractivity contribution in [1.82, 2.24) is 9.55 Å². The average molecular weight is 452 g/mol. The molecular weight excluding hydrogens is 430 g/mol. The van der Waals surface area contributed by atoms with Crippen molar-refractivity contribution >= 4 is 28.0 Å². The number of ether oxygens (including phenoxy) is 1. The Labute approximate surface area is 179 Å². The molecule has 0 spiro atoms. The highest BCUT2D eigenvalue weighted by Crippen LogP contribution is 2.22. The SMILES string of the molecule is COCc1cc(C)nc(NN=Cc2cc(C)n(-c3ccc(Br)cc3)c2C)c1C#N. The van der Waals surface area contributed by atoms with E-state index in [4.69, 9.17) is 4.74 Å². The van der Waals surface area contributed by atoms with Gasteiger partial charge in [-0.3, -0.25) is 5.43 Å². The summed E-state index contributed by atoms with van der Waals surface area (Å²) in [6.45, 7) is 6.34. The molecule has 0 bridgehead atoms. The van der Waals surface area contributed by atoms with Crippen LogP contribution in [-0.4, -0.2) is 22.9 Å². The first-order valence-electron chi connectivity index (χ1n) is 9.08. The lowest BCUT2D eigenvalue weighted by Gasteiger charge is -2.10. The number of pyridine rings is 1. The molecule has 1 aromatic carbocycles. The minimum absolute atomic E-state index is 0.346. The lowest BCUT2D eigenvalue weighted by Crippen LogP contribution is -2.04. The number of methoxy groups -OCH3 is 1. The van der Waals surface area contributed by atoms with Gasteiger partial charge in [-0.15, -0.1) is 0 Å². The first-order chi connectivity index (χ1) is 13.9. The van der Waals surface area contributed by atoms with Crippen LogP contribution in [0.4, 0.5) is 5.82 Å². The van der Waals surface area contributed by atoms with Crippen LogP contribution in [-0.2, 0) is 11.3 Å². The molecule has 0 aliphatic rings. The Kier molecular flexibility index (Phi) is 6.47. The van der Waals surface area contributed by atoms with Crippen molar-refractivity contribution in [2.45, 2.75) is 27.4 Å². The molecule has 0 aliphatic carbocycles. The molecule has 3 aromatic rings. The number of hydrazone groups is 1. The van der Waals surface area contributed by atoms with Gasteiger partial charge in [-0.05, 0) is 57.2 Å². The van der Waals surface area contributed by atoms with Crippen LogP contribution in [0.15, 0.2) is 46.0 Å². The second-order valence-electron chi connectivity index (χ2n) is 6.70. The molecule has 148 valence electrons. The van der Waals surface area contributed by atoms with Gasteiger partial charge in [0, 0.05) is 45.5 Å². The fourth-order valence-electron chi connectivity index (χ4n) is 3.28. The number of anilines is 1. The predicted molar refractivity (Wildman–Crippen MR) is 119 cm³/mol. The molecule has 0 fully saturated rings. The molecule has 29 heavy (non-hydrogen) atoms. The van der Waals surface area contributed by atoms with Crippen LogP contribution >= 0.6 is 15.9 Å². The summed E-state index contributed by atoms with van der Waals surface area (Å²) in [7, 11) is 1.60. The molecule has 0 unspecified atom stereocenters. The summed E-state index contributed by atoms with van der Waals surface area (Å²) in [5.41, 5.74) is 9.20. The van der Waals surface area contributed by atoms with Gasteiger partial charge < -0.3 is 9.30 Å². The lowest BCUT2D eigenvalue weighted by molar-refractivity contribution is 0.184. The smallest absolute Gasteiger partial charge is 0.164 e. The molecule has 0 radical (unpaired) electrons. The van der Waals surface area contributed by atoms with E-state index in [1.54, 1.807) is 13.3 Å². The Balaban J connectivity index is 1.88. The number of aryl methyl sites for hydroxylation is 2. The van der Waals surface area contributed by atoms with Crippen LogP contribution in [0.1, 0.15) is 33.8 Å². The van der Waals surface area contributed by atoms with E-state index in [9.17, 15) is 5.26 Å². The lowest BCUT2D eigenvalue weighted by atomic mass is 10.1. The minimum Gasteiger partial charge on any atom is -0.380 e.